The summed E-state index contributed by atoms with van der Waals surface area (Å²) in [6.45, 7) is 28.2. The minimum absolute atomic E-state index is 0.0222. The van der Waals surface area contributed by atoms with Crippen LogP contribution >= 0.6 is 0 Å². The third kappa shape index (κ3) is 41.3. The molecule has 0 saturated carbocycles. The summed E-state index contributed by atoms with van der Waals surface area (Å²) < 4.78 is 5.37. The van der Waals surface area contributed by atoms with Crippen LogP contribution in [0.4, 0.5) is 0 Å². The molecule has 0 N–H and O–H groups in total. The van der Waals surface area contributed by atoms with Gasteiger partial charge in [-0.3, -0.25) is 19.3 Å². The molecule has 9 nitrogen and oxygen atoms in total. The van der Waals surface area contributed by atoms with Crippen LogP contribution in [-0.4, -0.2) is 134 Å². The van der Waals surface area contributed by atoms with Gasteiger partial charge in [0.05, 0.1) is 13.2 Å². The van der Waals surface area contributed by atoms with E-state index >= 15 is 0 Å². The number of piperazine rings is 1. The average Bonchev–Trinajstić information content (AvgIpc) is 3.32. The second kappa shape index (κ2) is 49.7. The summed E-state index contributed by atoms with van der Waals surface area (Å²) in [6.07, 6.45) is 42.4. The van der Waals surface area contributed by atoms with Crippen LogP contribution in [0, 0.1) is 5.92 Å². The van der Waals surface area contributed by atoms with Gasteiger partial charge in [0, 0.05) is 52.2 Å². The Morgan fingerprint density at radius 2 is 0.848 bits per heavy atom. The van der Waals surface area contributed by atoms with E-state index in [0.29, 0.717) is 51.7 Å². The summed E-state index contributed by atoms with van der Waals surface area (Å²) in [5.41, 5.74) is 0. The summed E-state index contributed by atoms with van der Waals surface area (Å²) in [6, 6.07) is 0. The smallest absolute Gasteiger partial charge is 0.306 e. The first kappa shape index (κ1) is 64.3. The Morgan fingerprint density at radius 3 is 1.26 bits per heavy atom. The van der Waals surface area contributed by atoms with E-state index in [0.717, 1.165) is 58.4 Å². The van der Waals surface area contributed by atoms with Gasteiger partial charge in [0.2, 0.25) is 12.3 Å². The van der Waals surface area contributed by atoms with Crippen LogP contribution in [0.3, 0.4) is 0 Å². The molecule has 66 heavy (non-hydrogen) atoms. The number of nitrogens with zero attached hydrogens (tertiary/aromatic N) is 5. The molecule has 1 saturated heterocycles. The lowest BCUT2D eigenvalue weighted by atomic mass is 10.0. The quantitative estimate of drug-likeness (QED) is 0.0342. The highest BCUT2D eigenvalue weighted by molar-refractivity contribution is 5.78. The van der Waals surface area contributed by atoms with Gasteiger partial charge < -0.3 is 24.3 Å². The number of hydrogen-bond acceptors (Lipinski definition) is 7. The normalized spacial score (nSPS) is 13.4. The molecule has 0 spiro atoms. The monoisotopic (exact) mass is 934 g/mol. The number of esters is 1. The van der Waals surface area contributed by atoms with E-state index in [1.54, 1.807) is 4.90 Å². The Hall–Kier alpha value is -1.71. The van der Waals surface area contributed by atoms with Crippen molar-refractivity contribution in [1.82, 2.24) is 24.5 Å². The van der Waals surface area contributed by atoms with Gasteiger partial charge in [-0.15, -0.1) is 0 Å². The molecular weight excluding hydrogens is 819 g/mol. The molecule has 0 aliphatic carbocycles. The highest BCUT2D eigenvalue weighted by Gasteiger charge is 2.22. The van der Waals surface area contributed by atoms with Crippen molar-refractivity contribution in [3.63, 3.8) is 0 Å². The molecule has 1 unspecified atom stereocenters. The van der Waals surface area contributed by atoms with E-state index in [4.69, 9.17) is 4.74 Å². The van der Waals surface area contributed by atoms with Crippen molar-refractivity contribution in [2.24, 2.45) is 5.92 Å². The van der Waals surface area contributed by atoms with E-state index in [-0.39, 0.29) is 11.9 Å². The molecule has 392 valence electrons. The number of ether oxygens (including phenoxy) is 1. The summed E-state index contributed by atoms with van der Waals surface area (Å²) in [5.74, 6) is 0.673. The van der Waals surface area contributed by atoms with Gasteiger partial charge in [-0.2, -0.15) is 0 Å². The van der Waals surface area contributed by atoms with Crippen LogP contribution in [0.25, 0.3) is 0 Å². The van der Waals surface area contributed by atoms with Crippen LogP contribution < -0.4 is 0 Å². The summed E-state index contributed by atoms with van der Waals surface area (Å²) in [5, 5.41) is 0. The van der Waals surface area contributed by atoms with Crippen molar-refractivity contribution in [2.45, 2.75) is 254 Å². The van der Waals surface area contributed by atoms with Crippen molar-refractivity contribution in [3.05, 3.63) is 0 Å². The lowest BCUT2D eigenvalue weighted by Crippen LogP contribution is -2.51. The fraction of sp³-hybridized carbons (Fsp3) is 0.947. The van der Waals surface area contributed by atoms with Gasteiger partial charge in [0.1, 0.15) is 0 Å². The SMILES string of the molecule is CCCCCCCCCN(CC)CCCOC(=O)CC(C)CCC.CCCCCCCCCN(CCCCCCCCC)CCN(CCCCCCCCC)CC(=O)N1CCN(C=O)CC1. The van der Waals surface area contributed by atoms with E-state index in [1.165, 1.54) is 199 Å². The molecule has 0 aromatic carbocycles. The largest absolute Gasteiger partial charge is 0.466 e. The number of unbranched alkanes of at least 4 members (excludes halogenated alkanes) is 24. The van der Waals surface area contributed by atoms with Crippen LogP contribution in [0.2, 0.25) is 0 Å². The van der Waals surface area contributed by atoms with E-state index in [9.17, 15) is 14.4 Å². The highest BCUT2D eigenvalue weighted by atomic mass is 16.5. The van der Waals surface area contributed by atoms with Gasteiger partial charge in [-0.05, 0) is 70.7 Å². The zero-order valence-corrected chi connectivity index (χ0v) is 45.6. The van der Waals surface area contributed by atoms with Crippen LogP contribution in [0.1, 0.15) is 254 Å². The summed E-state index contributed by atoms with van der Waals surface area (Å²) in [7, 11) is 0. The van der Waals surface area contributed by atoms with Crippen molar-refractivity contribution in [2.75, 3.05) is 91.7 Å². The number of carbonyl (C=O) groups is 3. The van der Waals surface area contributed by atoms with Crippen LogP contribution in [0.15, 0.2) is 0 Å². The van der Waals surface area contributed by atoms with Crippen molar-refractivity contribution < 1.29 is 19.1 Å². The predicted octanol–water partition coefficient (Wildman–Crippen LogP) is 14.0. The molecular formula is C57H115N5O4. The molecule has 1 aliphatic rings. The molecule has 2 amide bonds. The Morgan fingerprint density at radius 1 is 0.470 bits per heavy atom. The average molecular weight is 935 g/mol. The number of amides is 2. The third-order valence-electron chi connectivity index (χ3n) is 13.8. The van der Waals surface area contributed by atoms with E-state index in [1.807, 2.05) is 4.90 Å². The molecule has 0 bridgehead atoms. The van der Waals surface area contributed by atoms with E-state index < -0.39 is 0 Å². The second-order valence-electron chi connectivity index (χ2n) is 20.2. The van der Waals surface area contributed by atoms with Gasteiger partial charge >= 0.3 is 5.97 Å². The van der Waals surface area contributed by atoms with Gasteiger partial charge in [-0.25, -0.2) is 0 Å². The molecule has 1 atom stereocenters. The highest BCUT2D eigenvalue weighted by Crippen LogP contribution is 2.14. The fourth-order valence-corrected chi connectivity index (χ4v) is 9.27. The Bertz CT molecular complexity index is 1020. The lowest BCUT2D eigenvalue weighted by Gasteiger charge is -2.34. The van der Waals surface area contributed by atoms with Crippen LogP contribution in [0.5, 0.6) is 0 Å². The second-order valence-corrected chi connectivity index (χ2v) is 20.2. The molecule has 0 radical (unpaired) electrons. The van der Waals surface area contributed by atoms with E-state index in [2.05, 4.69) is 63.2 Å². The summed E-state index contributed by atoms with van der Waals surface area (Å²) in [4.78, 5) is 47.5. The third-order valence-corrected chi connectivity index (χ3v) is 13.8. The lowest BCUT2D eigenvalue weighted by molar-refractivity contribution is -0.144. The molecule has 1 rings (SSSR count). The fourth-order valence-electron chi connectivity index (χ4n) is 9.27. The molecule has 0 aromatic rings. The molecule has 1 aliphatic heterocycles. The Balaban J connectivity index is 0.00000149. The minimum Gasteiger partial charge on any atom is -0.466 e. The Kier molecular flexibility index (Phi) is 48.4. The van der Waals surface area contributed by atoms with Crippen molar-refractivity contribution in [3.8, 4) is 0 Å². The molecule has 0 aromatic heterocycles. The maximum Gasteiger partial charge on any atom is 0.306 e. The Labute approximate surface area is 412 Å². The molecule has 1 fully saturated rings. The van der Waals surface area contributed by atoms with Crippen LogP contribution in [-0.2, 0) is 19.1 Å². The first-order valence-corrected chi connectivity index (χ1v) is 29.1. The number of carbonyl (C=O) groups excluding carboxylic acids is 3. The molecule has 1 heterocycles. The predicted molar refractivity (Wildman–Crippen MR) is 285 cm³/mol. The first-order chi connectivity index (χ1) is 32.3. The molecule has 9 heteroatoms. The maximum atomic E-state index is 13.3. The first-order valence-electron chi connectivity index (χ1n) is 29.1. The minimum atomic E-state index is -0.0222. The zero-order chi connectivity index (χ0) is 48.6. The zero-order valence-electron chi connectivity index (χ0n) is 45.6. The number of rotatable bonds is 47. The van der Waals surface area contributed by atoms with Gasteiger partial charge in [-0.1, -0.05) is 215 Å². The summed E-state index contributed by atoms with van der Waals surface area (Å²) >= 11 is 0. The number of hydrogen-bond donors (Lipinski definition) is 0. The van der Waals surface area contributed by atoms with Crippen molar-refractivity contribution >= 4 is 18.3 Å². The van der Waals surface area contributed by atoms with Gasteiger partial charge in [0.15, 0.2) is 0 Å². The van der Waals surface area contributed by atoms with Crippen molar-refractivity contribution in [1.29, 1.82) is 0 Å². The topological polar surface area (TPSA) is 76.6 Å². The van der Waals surface area contributed by atoms with Gasteiger partial charge in [0.25, 0.3) is 0 Å². The maximum absolute atomic E-state index is 13.3. The standard InChI is InChI=1S/C36H72N4O2.C21H43NO2/c1-4-7-10-13-16-19-22-25-37(26-23-20-17-14-11-8-5-2)28-29-38(27-24-21-18-15-12-9-6-3)34-36(42)40-32-30-39(35-41)31-33-40;1-5-8-9-10-11-12-13-16-22(7-3)17-14-18-24-21(23)19-20(4)15-6-2/h35H,4-34H2,1-3H3;20H,5-19H2,1-4H3.